The van der Waals surface area contributed by atoms with Crippen LogP contribution in [0.3, 0.4) is 0 Å². The molecule has 103 valence electrons. The summed E-state index contributed by atoms with van der Waals surface area (Å²) < 4.78 is 0. The molecule has 1 radical (unpaired) electrons. The Morgan fingerprint density at radius 2 is 1.14 bits per heavy atom. The molecule has 0 saturated carbocycles. The quantitative estimate of drug-likeness (QED) is 0.596. The van der Waals surface area contributed by atoms with E-state index < -0.39 is 8.80 Å². The van der Waals surface area contributed by atoms with Gasteiger partial charge in [0, 0.05) is 0 Å². The number of hydrogen-bond acceptors (Lipinski definition) is 0. The van der Waals surface area contributed by atoms with E-state index in [1.165, 1.54) is 27.4 Å². The molecular weight excluding hydrogens is 268 g/mol. The largest absolute Gasteiger partial charge is 0.0800 e. The first-order valence-electron chi connectivity index (χ1n) is 7.32. The summed E-state index contributed by atoms with van der Waals surface area (Å²) >= 11 is 0. The lowest BCUT2D eigenvalue weighted by Gasteiger charge is -2.17. The minimum Gasteiger partial charge on any atom is -0.0671 e. The van der Waals surface area contributed by atoms with Crippen molar-refractivity contribution in [3.05, 3.63) is 78.9 Å². The van der Waals surface area contributed by atoms with E-state index in [9.17, 15) is 0 Å². The van der Waals surface area contributed by atoms with Gasteiger partial charge in [0.2, 0.25) is 0 Å². The summed E-state index contributed by atoms with van der Waals surface area (Å²) in [5.74, 6) is 0. The topological polar surface area (TPSA) is 0 Å². The van der Waals surface area contributed by atoms with Crippen molar-refractivity contribution in [2.24, 2.45) is 0 Å². The Morgan fingerprint density at radius 1 is 0.571 bits per heavy atom. The predicted octanol–water partition coefficient (Wildman–Crippen LogP) is 4.98. The van der Waals surface area contributed by atoms with Crippen LogP contribution in [0.1, 0.15) is 0 Å². The number of hydrogen-bond donors (Lipinski definition) is 0. The SMILES string of the molecule is C[Si](C)c1cccc(-c2ccccc2)c1-c1ccccc1. The minimum atomic E-state index is -0.518. The Kier molecular flexibility index (Phi) is 4.02. The molecule has 0 unspecified atom stereocenters. The molecule has 0 bridgehead atoms. The molecular formula is C20H19Si. The predicted molar refractivity (Wildman–Crippen MR) is 94.4 cm³/mol. The second-order valence-corrected chi connectivity index (χ2v) is 8.00. The lowest BCUT2D eigenvalue weighted by molar-refractivity contribution is 1.60. The fourth-order valence-electron chi connectivity index (χ4n) is 2.74. The van der Waals surface area contributed by atoms with Gasteiger partial charge in [-0.1, -0.05) is 97.1 Å². The summed E-state index contributed by atoms with van der Waals surface area (Å²) in [6.45, 7) is 4.72. The third-order valence-electron chi connectivity index (χ3n) is 3.75. The second-order valence-electron chi connectivity index (χ2n) is 5.46. The van der Waals surface area contributed by atoms with E-state index in [1.54, 1.807) is 0 Å². The second kappa shape index (κ2) is 6.11. The molecule has 3 aromatic carbocycles. The summed E-state index contributed by atoms with van der Waals surface area (Å²) in [6, 6.07) is 28.2. The number of rotatable bonds is 3. The van der Waals surface area contributed by atoms with E-state index in [4.69, 9.17) is 0 Å². The van der Waals surface area contributed by atoms with Gasteiger partial charge in [-0.25, -0.2) is 0 Å². The molecule has 0 nitrogen and oxygen atoms in total. The summed E-state index contributed by atoms with van der Waals surface area (Å²) in [5.41, 5.74) is 5.35. The first-order chi connectivity index (χ1) is 10.3. The minimum absolute atomic E-state index is 0.518. The highest BCUT2D eigenvalue weighted by Crippen LogP contribution is 2.30. The van der Waals surface area contributed by atoms with E-state index in [1.807, 2.05) is 0 Å². The molecule has 0 heterocycles. The van der Waals surface area contributed by atoms with E-state index in [-0.39, 0.29) is 0 Å². The van der Waals surface area contributed by atoms with Crippen molar-refractivity contribution in [2.45, 2.75) is 13.1 Å². The molecule has 3 rings (SSSR count). The molecule has 0 amide bonds. The molecule has 0 saturated heterocycles. The van der Waals surface area contributed by atoms with Crippen molar-refractivity contribution in [1.29, 1.82) is 0 Å². The van der Waals surface area contributed by atoms with Crippen molar-refractivity contribution in [3.8, 4) is 22.3 Å². The van der Waals surface area contributed by atoms with E-state index >= 15 is 0 Å². The van der Waals surface area contributed by atoms with Gasteiger partial charge in [0.25, 0.3) is 0 Å². The lowest BCUT2D eigenvalue weighted by Crippen LogP contribution is -2.25. The molecule has 0 N–H and O–H groups in total. The Labute approximate surface area is 128 Å². The first-order valence-corrected chi connectivity index (χ1v) is 9.82. The van der Waals surface area contributed by atoms with Gasteiger partial charge in [-0.2, -0.15) is 0 Å². The Hall–Kier alpha value is -2.12. The molecule has 0 aromatic heterocycles. The smallest absolute Gasteiger partial charge is 0.0671 e. The third-order valence-corrected chi connectivity index (χ3v) is 5.24. The fraction of sp³-hybridized carbons (Fsp3) is 0.100. The van der Waals surface area contributed by atoms with Crippen molar-refractivity contribution in [2.75, 3.05) is 0 Å². The van der Waals surface area contributed by atoms with Gasteiger partial charge < -0.3 is 0 Å². The fourth-order valence-corrected chi connectivity index (χ4v) is 3.95. The molecule has 3 aromatic rings. The maximum atomic E-state index is 2.36. The Morgan fingerprint density at radius 3 is 1.71 bits per heavy atom. The van der Waals surface area contributed by atoms with Gasteiger partial charge in [-0.3, -0.25) is 0 Å². The lowest BCUT2D eigenvalue weighted by atomic mass is 9.94. The van der Waals surface area contributed by atoms with E-state index in [0.29, 0.717) is 0 Å². The van der Waals surface area contributed by atoms with Crippen LogP contribution in [0.25, 0.3) is 22.3 Å². The van der Waals surface area contributed by atoms with Crippen LogP contribution in [0.4, 0.5) is 0 Å². The molecule has 21 heavy (non-hydrogen) atoms. The van der Waals surface area contributed by atoms with Gasteiger partial charge in [-0.15, -0.1) is 0 Å². The molecule has 1 heteroatoms. The zero-order valence-electron chi connectivity index (χ0n) is 12.5. The van der Waals surface area contributed by atoms with Crippen molar-refractivity contribution in [1.82, 2.24) is 0 Å². The first kappa shape index (κ1) is 13.8. The third kappa shape index (κ3) is 2.83. The Balaban J connectivity index is 2.28. The van der Waals surface area contributed by atoms with E-state index in [0.717, 1.165) is 0 Å². The van der Waals surface area contributed by atoms with E-state index in [2.05, 4.69) is 92.0 Å². The monoisotopic (exact) mass is 287 g/mol. The van der Waals surface area contributed by atoms with Crippen LogP contribution in [-0.2, 0) is 0 Å². The highest BCUT2D eigenvalue weighted by molar-refractivity contribution is 6.72. The maximum Gasteiger partial charge on any atom is 0.0800 e. The van der Waals surface area contributed by atoms with Crippen molar-refractivity contribution >= 4 is 14.0 Å². The summed E-state index contributed by atoms with van der Waals surface area (Å²) in [6.07, 6.45) is 0. The van der Waals surface area contributed by atoms with Crippen LogP contribution < -0.4 is 5.19 Å². The van der Waals surface area contributed by atoms with Crippen LogP contribution in [-0.4, -0.2) is 8.80 Å². The van der Waals surface area contributed by atoms with Gasteiger partial charge in [0.05, 0.1) is 8.80 Å². The zero-order valence-corrected chi connectivity index (χ0v) is 13.5. The normalized spacial score (nSPS) is 10.8. The van der Waals surface area contributed by atoms with Gasteiger partial charge >= 0.3 is 0 Å². The zero-order chi connectivity index (χ0) is 14.7. The van der Waals surface area contributed by atoms with Crippen molar-refractivity contribution in [3.63, 3.8) is 0 Å². The van der Waals surface area contributed by atoms with Crippen LogP contribution in [0, 0.1) is 0 Å². The van der Waals surface area contributed by atoms with Crippen LogP contribution in [0.5, 0.6) is 0 Å². The molecule has 0 spiro atoms. The van der Waals surface area contributed by atoms with Gasteiger partial charge in [0.1, 0.15) is 0 Å². The Bertz CT molecular complexity index is 715. The summed E-state index contributed by atoms with van der Waals surface area (Å²) in [7, 11) is -0.518. The van der Waals surface area contributed by atoms with Gasteiger partial charge in [-0.05, 0) is 22.3 Å². The highest BCUT2D eigenvalue weighted by atomic mass is 28.3. The molecule has 0 aliphatic rings. The molecule has 0 atom stereocenters. The van der Waals surface area contributed by atoms with Gasteiger partial charge in [0.15, 0.2) is 0 Å². The van der Waals surface area contributed by atoms with Crippen LogP contribution in [0.2, 0.25) is 13.1 Å². The van der Waals surface area contributed by atoms with Crippen LogP contribution >= 0.6 is 0 Å². The summed E-state index contributed by atoms with van der Waals surface area (Å²) in [5, 5.41) is 1.51. The van der Waals surface area contributed by atoms with Crippen LogP contribution in [0.15, 0.2) is 78.9 Å². The number of benzene rings is 3. The standard InChI is InChI=1S/C20H19Si/c1-21(2)19-15-9-14-18(16-10-5-3-6-11-16)20(19)17-12-7-4-8-13-17/h3-15H,1-2H3. The molecule has 0 aliphatic heterocycles. The average Bonchev–Trinajstić information content (AvgIpc) is 2.55. The average molecular weight is 287 g/mol. The molecule has 0 aliphatic carbocycles. The summed E-state index contributed by atoms with van der Waals surface area (Å²) in [4.78, 5) is 0. The maximum absolute atomic E-state index is 2.36. The molecule has 0 fully saturated rings. The van der Waals surface area contributed by atoms with Crippen molar-refractivity contribution < 1.29 is 0 Å². The highest BCUT2D eigenvalue weighted by Gasteiger charge is 2.14.